The van der Waals surface area contributed by atoms with Crippen LogP contribution in [0.1, 0.15) is 25.3 Å². The second kappa shape index (κ2) is 4.71. The van der Waals surface area contributed by atoms with Gasteiger partial charge >= 0.3 is 0 Å². The molecule has 0 saturated carbocycles. The summed E-state index contributed by atoms with van der Waals surface area (Å²) >= 11 is 3.38. The fraction of sp³-hybridized carbons (Fsp3) is 0.300. The van der Waals surface area contributed by atoms with Gasteiger partial charge in [0.25, 0.3) is 0 Å². The molecule has 2 aromatic heterocycles. The lowest BCUT2D eigenvalue weighted by Crippen LogP contribution is -2.08. The average Bonchev–Trinajstić information content (AvgIpc) is 2.78. The Morgan fingerprint density at radius 2 is 2.38 bits per heavy atom. The minimum Gasteiger partial charge on any atom is -0.337 e. The zero-order valence-electron chi connectivity index (χ0n) is 8.72. The molecule has 2 heterocycles. The quantitative estimate of drug-likeness (QED) is 0.935. The third-order valence-corrected chi connectivity index (χ3v) is 2.81. The van der Waals surface area contributed by atoms with Gasteiger partial charge in [-0.05, 0) is 34.5 Å². The van der Waals surface area contributed by atoms with Gasteiger partial charge in [-0.3, -0.25) is 4.98 Å². The first-order valence-corrected chi connectivity index (χ1v) is 5.71. The third kappa shape index (κ3) is 2.12. The molecular formula is C10H11BrN4O. The van der Waals surface area contributed by atoms with Crippen LogP contribution in [0.3, 0.4) is 0 Å². The Morgan fingerprint density at radius 3 is 3.06 bits per heavy atom. The van der Waals surface area contributed by atoms with Crippen LogP contribution in [0, 0.1) is 0 Å². The Hall–Kier alpha value is -1.27. The van der Waals surface area contributed by atoms with E-state index in [1.807, 2.05) is 19.1 Å². The Morgan fingerprint density at radius 1 is 1.56 bits per heavy atom. The number of halogens is 1. The highest BCUT2D eigenvalue weighted by Gasteiger charge is 2.16. The van der Waals surface area contributed by atoms with Gasteiger partial charge in [-0.1, -0.05) is 12.1 Å². The van der Waals surface area contributed by atoms with Crippen molar-refractivity contribution in [3.8, 4) is 11.5 Å². The van der Waals surface area contributed by atoms with Crippen molar-refractivity contribution in [2.45, 2.75) is 19.4 Å². The molecule has 0 spiro atoms. The molecule has 0 fully saturated rings. The van der Waals surface area contributed by atoms with E-state index >= 15 is 0 Å². The molecule has 5 nitrogen and oxygen atoms in total. The Labute approximate surface area is 101 Å². The lowest BCUT2D eigenvalue weighted by atomic mass is 10.2. The molecule has 0 bridgehead atoms. The minimum atomic E-state index is -0.219. The number of rotatable bonds is 3. The van der Waals surface area contributed by atoms with Crippen LogP contribution in [0.25, 0.3) is 11.5 Å². The second-order valence-electron chi connectivity index (χ2n) is 3.30. The van der Waals surface area contributed by atoms with Crippen LogP contribution >= 0.6 is 15.9 Å². The van der Waals surface area contributed by atoms with Crippen molar-refractivity contribution in [2.24, 2.45) is 5.73 Å². The van der Waals surface area contributed by atoms with Gasteiger partial charge in [0, 0.05) is 10.7 Å². The molecule has 0 aromatic carbocycles. The summed E-state index contributed by atoms with van der Waals surface area (Å²) in [4.78, 5) is 8.39. The van der Waals surface area contributed by atoms with Gasteiger partial charge in [0.05, 0.1) is 6.04 Å². The minimum absolute atomic E-state index is 0.219. The Balaban J connectivity index is 2.35. The van der Waals surface area contributed by atoms with E-state index in [0.29, 0.717) is 17.4 Å². The van der Waals surface area contributed by atoms with Crippen LogP contribution < -0.4 is 5.73 Å². The first-order valence-electron chi connectivity index (χ1n) is 4.92. The maximum atomic E-state index is 5.80. The SMILES string of the molecule is CCC(N)c1nc(-c2ncccc2Br)no1. The number of aromatic nitrogens is 3. The van der Waals surface area contributed by atoms with Gasteiger partial charge in [0.1, 0.15) is 5.69 Å². The number of hydrogen-bond acceptors (Lipinski definition) is 5. The van der Waals surface area contributed by atoms with E-state index in [0.717, 1.165) is 10.9 Å². The Kier molecular flexibility index (Phi) is 3.31. The molecular weight excluding hydrogens is 272 g/mol. The van der Waals surface area contributed by atoms with Gasteiger partial charge in [-0.2, -0.15) is 4.98 Å². The van der Waals surface area contributed by atoms with Crippen molar-refractivity contribution >= 4 is 15.9 Å². The smallest absolute Gasteiger partial charge is 0.243 e. The number of nitrogens with two attached hydrogens (primary N) is 1. The standard InChI is InChI=1S/C10H11BrN4O/c1-2-7(12)10-14-9(15-16-10)8-6(11)4-3-5-13-8/h3-5,7H,2,12H2,1H3. The van der Waals surface area contributed by atoms with Crippen molar-refractivity contribution in [3.05, 3.63) is 28.7 Å². The number of pyridine rings is 1. The van der Waals surface area contributed by atoms with Gasteiger partial charge in [-0.15, -0.1) is 0 Å². The molecule has 0 amide bonds. The Bertz CT molecular complexity index is 485. The summed E-state index contributed by atoms with van der Waals surface area (Å²) in [6.07, 6.45) is 2.43. The summed E-state index contributed by atoms with van der Waals surface area (Å²) in [6.45, 7) is 1.96. The average molecular weight is 283 g/mol. The van der Waals surface area contributed by atoms with Crippen molar-refractivity contribution in [1.82, 2.24) is 15.1 Å². The fourth-order valence-corrected chi connectivity index (χ4v) is 1.64. The topological polar surface area (TPSA) is 77.8 Å². The number of hydrogen-bond donors (Lipinski definition) is 1. The summed E-state index contributed by atoms with van der Waals surface area (Å²) in [5.74, 6) is 0.890. The van der Waals surface area contributed by atoms with E-state index in [-0.39, 0.29) is 6.04 Å². The molecule has 0 saturated heterocycles. The molecule has 1 atom stereocenters. The van der Waals surface area contributed by atoms with Gasteiger partial charge < -0.3 is 10.3 Å². The van der Waals surface area contributed by atoms with Crippen LogP contribution in [0.2, 0.25) is 0 Å². The number of nitrogens with zero attached hydrogens (tertiary/aromatic N) is 3. The maximum absolute atomic E-state index is 5.80. The van der Waals surface area contributed by atoms with Gasteiger partial charge in [0.2, 0.25) is 11.7 Å². The van der Waals surface area contributed by atoms with E-state index in [1.165, 1.54) is 0 Å². The summed E-state index contributed by atoms with van der Waals surface area (Å²) in [5.41, 5.74) is 6.45. The van der Waals surface area contributed by atoms with Crippen molar-refractivity contribution in [1.29, 1.82) is 0 Å². The molecule has 2 aromatic rings. The highest BCUT2D eigenvalue weighted by Crippen LogP contribution is 2.24. The van der Waals surface area contributed by atoms with Crippen molar-refractivity contribution in [2.75, 3.05) is 0 Å². The molecule has 84 valence electrons. The summed E-state index contributed by atoms with van der Waals surface area (Å²) in [5, 5.41) is 3.86. The normalized spacial score (nSPS) is 12.7. The monoisotopic (exact) mass is 282 g/mol. The first-order chi connectivity index (χ1) is 7.72. The highest BCUT2D eigenvalue weighted by atomic mass is 79.9. The second-order valence-corrected chi connectivity index (χ2v) is 4.16. The maximum Gasteiger partial charge on any atom is 0.243 e. The highest BCUT2D eigenvalue weighted by molar-refractivity contribution is 9.10. The molecule has 0 radical (unpaired) electrons. The van der Waals surface area contributed by atoms with E-state index in [1.54, 1.807) is 6.20 Å². The summed E-state index contributed by atoms with van der Waals surface area (Å²) < 4.78 is 5.91. The lowest BCUT2D eigenvalue weighted by Gasteiger charge is -1.99. The zero-order chi connectivity index (χ0) is 11.5. The lowest BCUT2D eigenvalue weighted by molar-refractivity contribution is 0.352. The summed E-state index contributed by atoms with van der Waals surface area (Å²) in [6, 6.07) is 3.48. The molecule has 6 heteroatoms. The summed E-state index contributed by atoms with van der Waals surface area (Å²) in [7, 11) is 0. The van der Waals surface area contributed by atoms with Gasteiger partial charge in [-0.25, -0.2) is 0 Å². The molecule has 0 aliphatic carbocycles. The molecule has 2 N–H and O–H groups in total. The van der Waals surface area contributed by atoms with Crippen LogP contribution in [0.15, 0.2) is 27.3 Å². The third-order valence-electron chi connectivity index (χ3n) is 2.17. The molecule has 0 aliphatic heterocycles. The van der Waals surface area contributed by atoms with Crippen LogP contribution in [0.4, 0.5) is 0 Å². The first kappa shape index (κ1) is 11.2. The molecule has 0 aliphatic rings. The van der Waals surface area contributed by atoms with E-state index in [4.69, 9.17) is 10.3 Å². The molecule has 16 heavy (non-hydrogen) atoms. The van der Waals surface area contributed by atoms with Gasteiger partial charge in [0.15, 0.2) is 0 Å². The molecule has 1 unspecified atom stereocenters. The molecule has 2 rings (SSSR count). The predicted octanol–water partition coefficient (Wildman–Crippen LogP) is 2.30. The van der Waals surface area contributed by atoms with E-state index < -0.39 is 0 Å². The van der Waals surface area contributed by atoms with Crippen molar-refractivity contribution in [3.63, 3.8) is 0 Å². The van der Waals surface area contributed by atoms with Crippen LogP contribution in [-0.4, -0.2) is 15.1 Å². The van der Waals surface area contributed by atoms with E-state index in [9.17, 15) is 0 Å². The zero-order valence-corrected chi connectivity index (χ0v) is 10.3. The van der Waals surface area contributed by atoms with Crippen molar-refractivity contribution < 1.29 is 4.52 Å². The van der Waals surface area contributed by atoms with Crippen LogP contribution in [0.5, 0.6) is 0 Å². The largest absolute Gasteiger partial charge is 0.337 e. The van der Waals surface area contributed by atoms with Crippen LogP contribution in [-0.2, 0) is 0 Å². The fourth-order valence-electron chi connectivity index (χ4n) is 1.21. The van der Waals surface area contributed by atoms with E-state index in [2.05, 4.69) is 31.1 Å². The predicted molar refractivity (Wildman–Crippen MR) is 62.4 cm³/mol.